The molecule has 27 heavy (non-hydrogen) atoms. The summed E-state index contributed by atoms with van der Waals surface area (Å²) in [6, 6.07) is 5.69. The monoisotopic (exact) mass is 386 g/mol. The van der Waals surface area contributed by atoms with Gasteiger partial charge < -0.3 is 19.5 Å². The third kappa shape index (κ3) is 3.47. The molecule has 0 unspecified atom stereocenters. The zero-order chi connectivity index (χ0) is 19.0. The van der Waals surface area contributed by atoms with Crippen LogP contribution in [0.25, 0.3) is 21.6 Å². The third-order valence-electron chi connectivity index (χ3n) is 4.47. The maximum Gasteiger partial charge on any atom is 0.224 e. The van der Waals surface area contributed by atoms with Crippen molar-refractivity contribution in [1.29, 1.82) is 0 Å². The zero-order valence-corrected chi connectivity index (χ0v) is 16.4. The van der Waals surface area contributed by atoms with Gasteiger partial charge in [0.15, 0.2) is 11.6 Å². The van der Waals surface area contributed by atoms with E-state index in [-0.39, 0.29) is 0 Å². The van der Waals surface area contributed by atoms with Crippen LogP contribution in [0.1, 0.15) is 18.7 Å². The van der Waals surface area contributed by atoms with Crippen molar-refractivity contribution in [1.82, 2.24) is 15.0 Å². The molecule has 1 fully saturated rings. The number of morpholine rings is 1. The Morgan fingerprint density at radius 3 is 2.74 bits per heavy atom. The molecule has 4 rings (SSSR count). The second-order valence-corrected chi connectivity index (χ2v) is 7.97. The number of aliphatic hydroxyl groups is 1. The molecule has 1 aliphatic rings. The number of rotatable bonds is 4. The highest BCUT2D eigenvalue weighted by Crippen LogP contribution is 2.39. The van der Waals surface area contributed by atoms with Crippen LogP contribution in [0.2, 0.25) is 0 Å². The van der Waals surface area contributed by atoms with Crippen molar-refractivity contribution in [3.05, 3.63) is 29.3 Å². The van der Waals surface area contributed by atoms with Crippen molar-refractivity contribution in [2.75, 3.05) is 38.3 Å². The van der Waals surface area contributed by atoms with Gasteiger partial charge in [-0.2, -0.15) is 0 Å². The van der Waals surface area contributed by atoms with Crippen molar-refractivity contribution >= 4 is 27.4 Å². The molecule has 0 amide bonds. The molecule has 0 saturated carbocycles. The largest absolute Gasteiger partial charge is 0.480 e. The Kier molecular flexibility index (Phi) is 4.71. The molecule has 1 aliphatic heterocycles. The third-order valence-corrected chi connectivity index (χ3v) is 5.91. The second kappa shape index (κ2) is 7.03. The van der Waals surface area contributed by atoms with Gasteiger partial charge in [-0.15, -0.1) is 11.3 Å². The molecule has 0 atom stereocenters. The van der Waals surface area contributed by atoms with Gasteiger partial charge in [0, 0.05) is 24.2 Å². The first kappa shape index (κ1) is 18.1. The molecule has 8 heteroatoms. The summed E-state index contributed by atoms with van der Waals surface area (Å²) in [7, 11) is 1.59. The lowest BCUT2D eigenvalue weighted by molar-refractivity contribution is 0.0826. The number of ether oxygens (including phenoxy) is 2. The summed E-state index contributed by atoms with van der Waals surface area (Å²) in [5, 5.41) is 10.5. The number of pyridine rings is 1. The van der Waals surface area contributed by atoms with Crippen molar-refractivity contribution < 1.29 is 14.6 Å². The Labute approximate surface area is 161 Å². The van der Waals surface area contributed by atoms with Gasteiger partial charge in [-0.1, -0.05) is 0 Å². The summed E-state index contributed by atoms with van der Waals surface area (Å²) in [4.78, 5) is 17.0. The van der Waals surface area contributed by atoms with Crippen molar-refractivity contribution in [2.24, 2.45) is 0 Å². The zero-order valence-electron chi connectivity index (χ0n) is 15.6. The number of fused-ring (bicyclic) bond motifs is 1. The average Bonchev–Trinajstić information content (AvgIpc) is 3.12. The van der Waals surface area contributed by atoms with Crippen molar-refractivity contribution in [3.8, 4) is 17.3 Å². The highest BCUT2D eigenvalue weighted by molar-refractivity contribution is 7.19. The predicted molar refractivity (Wildman–Crippen MR) is 105 cm³/mol. The van der Waals surface area contributed by atoms with Crippen LogP contribution in [-0.4, -0.2) is 53.5 Å². The van der Waals surface area contributed by atoms with Crippen LogP contribution < -0.4 is 9.64 Å². The molecule has 0 aliphatic carbocycles. The summed E-state index contributed by atoms with van der Waals surface area (Å²) in [6.45, 7) is 6.44. The van der Waals surface area contributed by atoms with Crippen LogP contribution in [0, 0.1) is 0 Å². The van der Waals surface area contributed by atoms with Gasteiger partial charge in [-0.25, -0.2) is 15.0 Å². The summed E-state index contributed by atoms with van der Waals surface area (Å²) < 4.78 is 11.9. The van der Waals surface area contributed by atoms with E-state index in [4.69, 9.17) is 19.4 Å². The Hall–Kier alpha value is -2.29. The molecule has 3 aromatic rings. The van der Waals surface area contributed by atoms with Crippen molar-refractivity contribution in [2.45, 2.75) is 19.4 Å². The standard InChI is InChI=1S/C19H22N4O3S/c1-19(2,24)14-11-13-15(27-14)17(23-7-9-26-10-8-23)22-16(21-13)12-5-4-6-20-18(12)25-3/h4-6,11,24H,7-10H2,1-3H3. The fourth-order valence-electron chi connectivity index (χ4n) is 3.05. The van der Waals surface area contributed by atoms with E-state index in [1.54, 1.807) is 27.2 Å². The van der Waals surface area contributed by atoms with Crippen LogP contribution in [0.3, 0.4) is 0 Å². The fourth-order valence-corrected chi connectivity index (χ4v) is 4.17. The van der Waals surface area contributed by atoms with E-state index in [1.165, 1.54) is 11.3 Å². The van der Waals surface area contributed by atoms with Crippen LogP contribution in [0.5, 0.6) is 5.88 Å². The SMILES string of the molecule is COc1ncccc1-c1nc(N2CCOCC2)c2sc(C(C)(C)O)cc2n1. The van der Waals surface area contributed by atoms with Crippen LogP contribution in [0.4, 0.5) is 5.82 Å². The number of aromatic nitrogens is 3. The quantitative estimate of drug-likeness (QED) is 0.738. The van der Waals surface area contributed by atoms with Crippen LogP contribution in [0.15, 0.2) is 24.4 Å². The molecule has 142 valence electrons. The number of nitrogens with zero attached hydrogens (tertiary/aromatic N) is 4. The smallest absolute Gasteiger partial charge is 0.224 e. The van der Waals surface area contributed by atoms with Gasteiger partial charge in [0.25, 0.3) is 0 Å². The summed E-state index contributed by atoms with van der Waals surface area (Å²) in [5.41, 5.74) is 0.627. The molecule has 1 N–H and O–H groups in total. The molecule has 3 aromatic heterocycles. The molecule has 4 heterocycles. The minimum absolute atomic E-state index is 0.489. The molecule has 1 saturated heterocycles. The van der Waals surface area contributed by atoms with Gasteiger partial charge in [0.2, 0.25) is 5.88 Å². The molecular weight excluding hydrogens is 364 g/mol. The van der Waals surface area contributed by atoms with Crippen LogP contribution >= 0.6 is 11.3 Å². The lowest BCUT2D eigenvalue weighted by Gasteiger charge is -2.28. The van der Waals surface area contributed by atoms with Gasteiger partial charge in [-0.3, -0.25) is 0 Å². The van der Waals surface area contributed by atoms with E-state index in [2.05, 4.69) is 9.88 Å². The maximum absolute atomic E-state index is 10.5. The molecule has 0 spiro atoms. The van der Waals surface area contributed by atoms with E-state index < -0.39 is 5.60 Å². The normalized spacial score (nSPS) is 15.3. The number of hydrogen-bond acceptors (Lipinski definition) is 8. The first-order valence-corrected chi connectivity index (χ1v) is 9.65. The fraction of sp³-hybridized carbons (Fsp3) is 0.421. The molecule has 7 nitrogen and oxygen atoms in total. The Bertz CT molecular complexity index is 961. The first-order chi connectivity index (χ1) is 13.0. The predicted octanol–water partition coefficient (Wildman–Crippen LogP) is 2.83. The van der Waals surface area contributed by atoms with E-state index in [0.29, 0.717) is 24.9 Å². The molecule has 0 bridgehead atoms. The maximum atomic E-state index is 10.5. The minimum atomic E-state index is -0.931. The van der Waals surface area contributed by atoms with Gasteiger partial charge >= 0.3 is 0 Å². The lowest BCUT2D eigenvalue weighted by Crippen LogP contribution is -2.36. The van der Waals surface area contributed by atoms with Crippen molar-refractivity contribution in [3.63, 3.8) is 0 Å². The van der Waals surface area contributed by atoms with Gasteiger partial charge in [-0.05, 0) is 32.0 Å². The Balaban J connectivity index is 1.93. The summed E-state index contributed by atoms with van der Waals surface area (Å²) in [6.07, 6.45) is 1.68. The number of hydrogen-bond donors (Lipinski definition) is 1. The summed E-state index contributed by atoms with van der Waals surface area (Å²) in [5.74, 6) is 1.92. The Morgan fingerprint density at radius 2 is 2.04 bits per heavy atom. The number of methoxy groups -OCH3 is 1. The van der Waals surface area contributed by atoms with E-state index in [1.807, 2.05) is 18.2 Å². The Morgan fingerprint density at radius 1 is 1.26 bits per heavy atom. The first-order valence-electron chi connectivity index (χ1n) is 8.84. The van der Waals surface area contributed by atoms with Gasteiger partial charge in [0.1, 0.15) is 0 Å². The minimum Gasteiger partial charge on any atom is -0.480 e. The van der Waals surface area contributed by atoms with Gasteiger partial charge in [0.05, 0.1) is 41.7 Å². The van der Waals surface area contributed by atoms with E-state index in [0.717, 1.165) is 39.6 Å². The second-order valence-electron chi connectivity index (χ2n) is 6.91. The highest BCUT2D eigenvalue weighted by atomic mass is 32.1. The highest BCUT2D eigenvalue weighted by Gasteiger charge is 2.25. The van der Waals surface area contributed by atoms with Crippen LogP contribution in [-0.2, 0) is 10.3 Å². The number of thiophene rings is 1. The average molecular weight is 386 g/mol. The molecular formula is C19H22N4O3S. The van der Waals surface area contributed by atoms with E-state index >= 15 is 0 Å². The lowest BCUT2D eigenvalue weighted by atomic mass is 10.1. The topological polar surface area (TPSA) is 80.6 Å². The molecule has 0 aromatic carbocycles. The summed E-state index contributed by atoms with van der Waals surface area (Å²) >= 11 is 1.53. The molecule has 0 radical (unpaired) electrons. The number of anilines is 1. The van der Waals surface area contributed by atoms with E-state index in [9.17, 15) is 5.11 Å².